The third kappa shape index (κ3) is 5.90. The van der Waals surface area contributed by atoms with Crippen molar-refractivity contribution in [3.8, 4) is 5.69 Å². The molecule has 9 heteroatoms. The first-order chi connectivity index (χ1) is 16.7. The summed E-state index contributed by atoms with van der Waals surface area (Å²) in [5.74, 6) is 0.652. The third-order valence-electron chi connectivity index (χ3n) is 5.58. The molecule has 1 N–H and O–H groups in total. The van der Waals surface area contributed by atoms with E-state index < -0.39 is 10.0 Å². The van der Waals surface area contributed by atoms with Crippen LogP contribution in [0.3, 0.4) is 0 Å². The van der Waals surface area contributed by atoms with Crippen LogP contribution in [-0.2, 0) is 23.1 Å². The average Bonchev–Trinajstić information content (AvgIpc) is 3.27. The van der Waals surface area contributed by atoms with Crippen LogP contribution in [0.2, 0.25) is 5.02 Å². The summed E-state index contributed by atoms with van der Waals surface area (Å²) in [6.07, 6.45) is 4.79. The SMILES string of the molecule is Cc1nccn1-c1ccc(CNC(=O)c2ccc(N(Cc3ccccc3Cl)S(C)(=O)=O)cc2)cc1. The quantitative estimate of drug-likeness (QED) is 0.373. The zero-order chi connectivity index (χ0) is 25.0. The predicted molar refractivity (Wildman–Crippen MR) is 138 cm³/mol. The van der Waals surface area contributed by atoms with Gasteiger partial charge in [0.15, 0.2) is 0 Å². The maximum atomic E-state index is 12.7. The highest BCUT2D eigenvalue weighted by Crippen LogP contribution is 2.24. The number of aryl methyl sites for hydroxylation is 1. The Morgan fingerprint density at radius 3 is 2.31 bits per heavy atom. The van der Waals surface area contributed by atoms with Crippen molar-refractivity contribution in [2.45, 2.75) is 20.0 Å². The van der Waals surface area contributed by atoms with E-state index in [4.69, 9.17) is 11.6 Å². The number of sulfonamides is 1. The van der Waals surface area contributed by atoms with Crippen LogP contribution < -0.4 is 9.62 Å². The molecule has 4 rings (SSSR count). The minimum Gasteiger partial charge on any atom is -0.348 e. The van der Waals surface area contributed by atoms with E-state index in [2.05, 4.69) is 10.3 Å². The Labute approximate surface area is 210 Å². The highest BCUT2D eigenvalue weighted by atomic mass is 35.5. The van der Waals surface area contributed by atoms with Gasteiger partial charge in [0.25, 0.3) is 5.91 Å². The van der Waals surface area contributed by atoms with Gasteiger partial charge in [0.1, 0.15) is 5.82 Å². The topological polar surface area (TPSA) is 84.3 Å². The molecule has 0 atom stereocenters. The van der Waals surface area contributed by atoms with E-state index in [9.17, 15) is 13.2 Å². The highest BCUT2D eigenvalue weighted by molar-refractivity contribution is 7.92. The molecule has 0 aliphatic rings. The molecule has 1 aromatic heterocycles. The third-order valence-corrected chi connectivity index (χ3v) is 7.09. The molecule has 0 fully saturated rings. The van der Waals surface area contributed by atoms with Crippen molar-refractivity contribution in [1.29, 1.82) is 0 Å². The molecule has 7 nitrogen and oxygen atoms in total. The Morgan fingerprint density at radius 2 is 1.71 bits per heavy atom. The first kappa shape index (κ1) is 24.5. The first-order valence-corrected chi connectivity index (χ1v) is 13.1. The van der Waals surface area contributed by atoms with E-state index in [1.807, 2.05) is 42.0 Å². The number of benzene rings is 3. The second-order valence-corrected chi connectivity index (χ2v) is 10.4. The zero-order valence-corrected chi connectivity index (χ0v) is 20.9. The van der Waals surface area contributed by atoms with Gasteiger partial charge in [-0.3, -0.25) is 9.10 Å². The largest absolute Gasteiger partial charge is 0.348 e. The van der Waals surface area contributed by atoms with Gasteiger partial charge in [-0.05, 0) is 60.5 Å². The number of amides is 1. The number of hydrogen-bond acceptors (Lipinski definition) is 4. The molecule has 1 amide bonds. The Morgan fingerprint density at radius 1 is 1.03 bits per heavy atom. The van der Waals surface area contributed by atoms with Gasteiger partial charge in [-0.1, -0.05) is 41.9 Å². The monoisotopic (exact) mass is 508 g/mol. The number of hydrogen-bond donors (Lipinski definition) is 1. The molecular formula is C26H25ClN4O3S. The van der Waals surface area contributed by atoms with E-state index >= 15 is 0 Å². The fourth-order valence-corrected chi connectivity index (χ4v) is 4.74. The highest BCUT2D eigenvalue weighted by Gasteiger charge is 2.19. The van der Waals surface area contributed by atoms with Gasteiger partial charge < -0.3 is 9.88 Å². The minimum atomic E-state index is -3.57. The molecule has 0 spiro atoms. The Bertz CT molecular complexity index is 1430. The van der Waals surface area contributed by atoms with Crippen molar-refractivity contribution in [3.05, 3.63) is 113 Å². The summed E-state index contributed by atoms with van der Waals surface area (Å²) in [7, 11) is -3.57. The Hall–Kier alpha value is -3.62. The lowest BCUT2D eigenvalue weighted by Gasteiger charge is -2.23. The Kier molecular flexibility index (Phi) is 7.23. The van der Waals surface area contributed by atoms with Gasteiger partial charge in [0.2, 0.25) is 10.0 Å². The number of imidazole rings is 1. The molecule has 4 aromatic rings. The zero-order valence-electron chi connectivity index (χ0n) is 19.3. The fraction of sp³-hybridized carbons (Fsp3) is 0.154. The maximum absolute atomic E-state index is 12.7. The smallest absolute Gasteiger partial charge is 0.251 e. The van der Waals surface area contributed by atoms with Gasteiger partial charge in [0, 0.05) is 35.2 Å². The van der Waals surface area contributed by atoms with Crippen molar-refractivity contribution in [1.82, 2.24) is 14.9 Å². The van der Waals surface area contributed by atoms with E-state index in [1.54, 1.807) is 54.7 Å². The molecule has 3 aromatic carbocycles. The van der Waals surface area contributed by atoms with Gasteiger partial charge in [-0.2, -0.15) is 0 Å². The van der Waals surface area contributed by atoms with Gasteiger partial charge in [0.05, 0.1) is 18.5 Å². The van der Waals surface area contributed by atoms with E-state index in [-0.39, 0.29) is 12.5 Å². The summed E-state index contributed by atoms with van der Waals surface area (Å²) in [5.41, 5.74) is 3.54. The summed E-state index contributed by atoms with van der Waals surface area (Å²) in [4.78, 5) is 16.9. The lowest BCUT2D eigenvalue weighted by atomic mass is 10.1. The molecule has 0 aliphatic carbocycles. The number of anilines is 1. The van der Waals surface area contributed by atoms with Crippen molar-refractivity contribution in [3.63, 3.8) is 0 Å². The number of carbonyl (C=O) groups excluding carboxylic acids is 1. The van der Waals surface area contributed by atoms with Gasteiger partial charge in [-0.15, -0.1) is 0 Å². The van der Waals surface area contributed by atoms with E-state index in [1.165, 1.54) is 4.31 Å². The lowest BCUT2D eigenvalue weighted by molar-refractivity contribution is 0.0951. The molecule has 0 bridgehead atoms. The van der Waals surface area contributed by atoms with Crippen LogP contribution in [0.1, 0.15) is 27.3 Å². The van der Waals surface area contributed by atoms with Crippen LogP contribution in [0, 0.1) is 6.92 Å². The molecule has 0 aliphatic heterocycles. The Balaban J connectivity index is 1.42. The summed E-state index contributed by atoms with van der Waals surface area (Å²) >= 11 is 6.22. The molecular weight excluding hydrogens is 484 g/mol. The first-order valence-electron chi connectivity index (χ1n) is 10.9. The molecule has 0 saturated heterocycles. The van der Waals surface area contributed by atoms with Crippen LogP contribution in [0.4, 0.5) is 5.69 Å². The summed E-state index contributed by atoms with van der Waals surface area (Å²) in [5, 5.41) is 3.39. The van der Waals surface area contributed by atoms with Crippen LogP contribution in [0.15, 0.2) is 85.2 Å². The number of aromatic nitrogens is 2. The van der Waals surface area contributed by atoms with Crippen molar-refractivity contribution in [2.24, 2.45) is 0 Å². The number of nitrogens with one attached hydrogen (secondary N) is 1. The normalized spacial score (nSPS) is 11.3. The second-order valence-electron chi connectivity index (χ2n) is 8.10. The number of carbonyl (C=O) groups is 1. The van der Waals surface area contributed by atoms with Crippen molar-refractivity contribution in [2.75, 3.05) is 10.6 Å². The standard InChI is InChI=1S/C26H25ClN4O3S/c1-19-28-15-16-30(19)23-11-7-20(8-12-23)17-29-26(32)21-9-13-24(14-10-21)31(35(2,33)34)18-22-5-3-4-6-25(22)27/h3-16H,17-18H2,1-2H3,(H,29,32). The van der Waals surface area contributed by atoms with Crippen LogP contribution in [0.5, 0.6) is 0 Å². The van der Waals surface area contributed by atoms with Crippen LogP contribution >= 0.6 is 11.6 Å². The second kappa shape index (κ2) is 10.3. The van der Waals surface area contributed by atoms with Gasteiger partial charge in [-0.25, -0.2) is 13.4 Å². The van der Waals surface area contributed by atoms with Gasteiger partial charge >= 0.3 is 0 Å². The van der Waals surface area contributed by atoms with E-state index in [0.717, 1.165) is 23.3 Å². The predicted octanol–water partition coefficient (Wildman–Crippen LogP) is 4.73. The maximum Gasteiger partial charge on any atom is 0.251 e. The summed E-state index contributed by atoms with van der Waals surface area (Å²) < 4.78 is 28.1. The fourth-order valence-electron chi connectivity index (χ4n) is 3.67. The molecule has 35 heavy (non-hydrogen) atoms. The lowest BCUT2D eigenvalue weighted by Crippen LogP contribution is -2.29. The summed E-state index contributed by atoms with van der Waals surface area (Å²) in [6.45, 7) is 2.40. The number of halogens is 1. The number of nitrogens with zero attached hydrogens (tertiary/aromatic N) is 3. The number of rotatable bonds is 8. The van der Waals surface area contributed by atoms with Crippen molar-refractivity contribution < 1.29 is 13.2 Å². The molecule has 180 valence electrons. The van der Waals surface area contributed by atoms with Crippen molar-refractivity contribution >= 4 is 33.2 Å². The van der Waals surface area contributed by atoms with Crippen LogP contribution in [0.25, 0.3) is 5.69 Å². The molecule has 0 unspecified atom stereocenters. The van der Waals surface area contributed by atoms with Crippen LogP contribution in [-0.4, -0.2) is 30.1 Å². The molecule has 1 heterocycles. The molecule has 0 radical (unpaired) electrons. The van der Waals surface area contributed by atoms with E-state index in [0.29, 0.717) is 28.4 Å². The average molecular weight is 509 g/mol. The molecule has 0 saturated carbocycles. The summed E-state index contributed by atoms with van der Waals surface area (Å²) in [6, 6.07) is 21.4. The minimum absolute atomic E-state index is 0.0959.